The summed E-state index contributed by atoms with van der Waals surface area (Å²) in [6.45, 7) is 2.08. The summed E-state index contributed by atoms with van der Waals surface area (Å²) < 4.78 is 1.21. The Morgan fingerprint density at radius 3 is 2.47 bits per heavy atom. The minimum absolute atomic E-state index is 0.270. The Morgan fingerprint density at radius 1 is 1.12 bits per heavy atom. The molecule has 0 atom stereocenters. The molecule has 86 valence electrons. The van der Waals surface area contributed by atoms with Crippen molar-refractivity contribution in [2.45, 2.75) is 6.92 Å². The Hall–Kier alpha value is -1.36. The molecule has 0 amide bonds. The standard InChI is InChI=1S/C14H12INO/c1-10-2-5-12(8-14(10)15)16-9-11-3-6-13(17)7-4-11/h2-9,17H,1H3. The minimum atomic E-state index is 0.270. The van der Waals surface area contributed by atoms with E-state index in [-0.39, 0.29) is 5.75 Å². The van der Waals surface area contributed by atoms with Crippen molar-refractivity contribution in [2.75, 3.05) is 0 Å². The molecule has 2 aromatic rings. The Bertz CT molecular complexity index is 547. The van der Waals surface area contributed by atoms with E-state index in [1.54, 1.807) is 18.3 Å². The largest absolute Gasteiger partial charge is 0.508 e. The molecule has 0 radical (unpaired) electrons. The number of phenolic OH excluding ortho intramolecular Hbond substituents is 1. The van der Waals surface area contributed by atoms with Gasteiger partial charge in [0.1, 0.15) is 5.75 Å². The Labute approximate surface area is 114 Å². The fourth-order valence-electron chi connectivity index (χ4n) is 1.37. The van der Waals surface area contributed by atoms with E-state index in [0.717, 1.165) is 11.3 Å². The van der Waals surface area contributed by atoms with E-state index in [0.29, 0.717) is 0 Å². The number of aliphatic imine (C=N–C) groups is 1. The summed E-state index contributed by atoms with van der Waals surface area (Å²) in [5.41, 5.74) is 3.17. The summed E-state index contributed by atoms with van der Waals surface area (Å²) in [4.78, 5) is 4.40. The normalized spacial score (nSPS) is 10.9. The molecule has 2 aromatic carbocycles. The van der Waals surface area contributed by atoms with E-state index in [2.05, 4.69) is 40.6 Å². The van der Waals surface area contributed by atoms with Crippen LogP contribution in [0.2, 0.25) is 0 Å². The summed E-state index contributed by atoms with van der Waals surface area (Å²) in [6.07, 6.45) is 1.79. The second-order valence-electron chi connectivity index (χ2n) is 3.78. The van der Waals surface area contributed by atoms with Crippen LogP contribution in [0, 0.1) is 10.5 Å². The van der Waals surface area contributed by atoms with Crippen LogP contribution in [0.25, 0.3) is 0 Å². The van der Waals surface area contributed by atoms with Crippen molar-refractivity contribution in [3.8, 4) is 5.75 Å². The Kier molecular flexibility index (Phi) is 3.78. The maximum atomic E-state index is 9.16. The number of nitrogens with zero attached hydrogens (tertiary/aromatic N) is 1. The molecule has 0 aromatic heterocycles. The van der Waals surface area contributed by atoms with E-state index >= 15 is 0 Å². The number of benzene rings is 2. The van der Waals surface area contributed by atoms with Crippen molar-refractivity contribution >= 4 is 34.5 Å². The molecule has 3 heteroatoms. The van der Waals surface area contributed by atoms with Crippen LogP contribution in [-0.2, 0) is 0 Å². The lowest BCUT2D eigenvalue weighted by Crippen LogP contribution is -1.81. The van der Waals surface area contributed by atoms with Crippen LogP contribution in [0.1, 0.15) is 11.1 Å². The zero-order valence-electron chi connectivity index (χ0n) is 9.39. The molecule has 17 heavy (non-hydrogen) atoms. The first-order chi connectivity index (χ1) is 8.15. The van der Waals surface area contributed by atoms with Gasteiger partial charge >= 0.3 is 0 Å². The highest BCUT2D eigenvalue weighted by molar-refractivity contribution is 14.1. The van der Waals surface area contributed by atoms with Crippen LogP contribution < -0.4 is 0 Å². The number of aromatic hydroxyl groups is 1. The van der Waals surface area contributed by atoms with Gasteiger partial charge in [0.15, 0.2) is 0 Å². The number of hydrogen-bond donors (Lipinski definition) is 1. The van der Waals surface area contributed by atoms with E-state index in [4.69, 9.17) is 5.11 Å². The highest BCUT2D eigenvalue weighted by Crippen LogP contribution is 2.19. The highest BCUT2D eigenvalue weighted by Gasteiger charge is 1.95. The average molecular weight is 337 g/mol. The van der Waals surface area contributed by atoms with Crippen molar-refractivity contribution < 1.29 is 5.11 Å². The van der Waals surface area contributed by atoms with Crippen LogP contribution in [0.3, 0.4) is 0 Å². The van der Waals surface area contributed by atoms with Gasteiger partial charge in [-0.05, 0) is 77.0 Å². The van der Waals surface area contributed by atoms with Gasteiger partial charge in [-0.25, -0.2) is 0 Å². The lowest BCUT2D eigenvalue weighted by molar-refractivity contribution is 0.475. The van der Waals surface area contributed by atoms with E-state index in [1.807, 2.05) is 24.3 Å². The summed E-state index contributed by atoms with van der Waals surface area (Å²) in [7, 11) is 0. The van der Waals surface area contributed by atoms with Crippen molar-refractivity contribution in [3.05, 3.63) is 57.2 Å². The highest BCUT2D eigenvalue weighted by atomic mass is 127. The van der Waals surface area contributed by atoms with Crippen LogP contribution in [0.5, 0.6) is 5.75 Å². The molecular formula is C14H12INO. The molecule has 0 unspecified atom stereocenters. The molecule has 0 saturated carbocycles. The second-order valence-corrected chi connectivity index (χ2v) is 4.95. The third-order valence-corrected chi connectivity index (χ3v) is 3.57. The van der Waals surface area contributed by atoms with Crippen molar-refractivity contribution in [1.82, 2.24) is 0 Å². The number of aryl methyl sites for hydroxylation is 1. The van der Waals surface area contributed by atoms with Gasteiger partial charge < -0.3 is 5.11 Å². The number of hydrogen-bond acceptors (Lipinski definition) is 2. The molecule has 0 heterocycles. The SMILES string of the molecule is Cc1ccc(N=Cc2ccc(O)cc2)cc1I. The third kappa shape index (κ3) is 3.30. The third-order valence-electron chi connectivity index (χ3n) is 2.41. The fraction of sp³-hybridized carbons (Fsp3) is 0.0714. The number of rotatable bonds is 2. The zero-order chi connectivity index (χ0) is 12.3. The van der Waals surface area contributed by atoms with Crippen molar-refractivity contribution in [2.24, 2.45) is 4.99 Å². The first-order valence-electron chi connectivity index (χ1n) is 5.24. The first kappa shape index (κ1) is 12.1. The molecule has 0 aliphatic heterocycles. The van der Waals surface area contributed by atoms with E-state index in [1.165, 1.54) is 9.13 Å². The quantitative estimate of drug-likeness (QED) is 0.651. The monoisotopic (exact) mass is 337 g/mol. The van der Waals surface area contributed by atoms with E-state index < -0.39 is 0 Å². The molecule has 0 spiro atoms. The average Bonchev–Trinajstić information content (AvgIpc) is 2.33. The van der Waals surface area contributed by atoms with Gasteiger partial charge in [0, 0.05) is 9.78 Å². The van der Waals surface area contributed by atoms with Gasteiger partial charge in [-0.15, -0.1) is 0 Å². The Morgan fingerprint density at radius 2 is 1.82 bits per heavy atom. The molecule has 0 saturated heterocycles. The zero-order valence-corrected chi connectivity index (χ0v) is 11.5. The first-order valence-corrected chi connectivity index (χ1v) is 6.32. The van der Waals surface area contributed by atoms with E-state index in [9.17, 15) is 0 Å². The lowest BCUT2D eigenvalue weighted by atomic mass is 10.2. The van der Waals surface area contributed by atoms with Gasteiger partial charge in [-0.3, -0.25) is 4.99 Å². The molecular weight excluding hydrogens is 325 g/mol. The predicted octanol–water partition coefficient (Wildman–Crippen LogP) is 4.06. The molecule has 0 aliphatic rings. The summed E-state index contributed by atoms with van der Waals surface area (Å²) in [5, 5.41) is 9.16. The van der Waals surface area contributed by atoms with Crippen LogP contribution in [0.15, 0.2) is 47.5 Å². The summed E-state index contributed by atoms with van der Waals surface area (Å²) >= 11 is 2.30. The molecule has 0 bridgehead atoms. The smallest absolute Gasteiger partial charge is 0.115 e. The molecule has 2 nitrogen and oxygen atoms in total. The van der Waals surface area contributed by atoms with Crippen LogP contribution in [0.4, 0.5) is 5.69 Å². The molecule has 0 aliphatic carbocycles. The van der Waals surface area contributed by atoms with Crippen LogP contribution in [-0.4, -0.2) is 11.3 Å². The maximum Gasteiger partial charge on any atom is 0.115 e. The minimum Gasteiger partial charge on any atom is -0.508 e. The van der Waals surface area contributed by atoms with Crippen molar-refractivity contribution in [3.63, 3.8) is 0 Å². The molecule has 2 rings (SSSR count). The summed E-state index contributed by atoms with van der Waals surface area (Å²) in [6, 6.07) is 13.1. The number of phenols is 1. The lowest BCUT2D eigenvalue weighted by Gasteiger charge is -1.99. The molecule has 0 fully saturated rings. The second kappa shape index (κ2) is 5.31. The van der Waals surface area contributed by atoms with Crippen molar-refractivity contribution in [1.29, 1.82) is 0 Å². The van der Waals surface area contributed by atoms with Gasteiger partial charge in [0.25, 0.3) is 0 Å². The Balaban J connectivity index is 2.20. The van der Waals surface area contributed by atoms with Gasteiger partial charge in [-0.1, -0.05) is 6.07 Å². The van der Waals surface area contributed by atoms with Gasteiger partial charge in [0.2, 0.25) is 0 Å². The molecule has 1 N–H and O–H groups in total. The van der Waals surface area contributed by atoms with Crippen LogP contribution >= 0.6 is 22.6 Å². The topological polar surface area (TPSA) is 32.6 Å². The fourth-order valence-corrected chi connectivity index (χ4v) is 1.87. The summed E-state index contributed by atoms with van der Waals surface area (Å²) in [5.74, 6) is 0.270. The number of halogens is 1. The predicted molar refractivity (Wildman–Crippen MR) is 79.3 cm³/mol. The van der Waals surface area contributed by atoms with Gasteiger partial charge in [-0.2, -0.15) is 0 Å². The maximum absolute atomic E-state index is 9.16. The van der Waals surface area contributed by atoms with Gasteiger partial charge in [0.05, 0.1) is 5.69 Å².